The van der Waals surface area contributed by atoms with Crippen molar-refractivity contribution in [1.29, 1.82) is 0 Å². The van der Waals surface area contributed by atoms with E-state index in [1.165, 1.54) is 13.0 Å². The highest BCUT2D eigenvalue weighted by Crippen LogP contribution is 2.33. The largest absolute Gasteiger partial charge is 0.480 e. The monoisotopic (exact) mass is 334 g/mol. The van der Waals surface area contributed by atoms with Crippen LogP contribution in [0.2, 0.25) is 0 Å². The van der Waals surface area contributed by atoms with Gasteiger partial charge in [-0.3, -0.25) is 14.4 Å². The minimum atomic E-state index is -1.48. The highest BCUT2D eigenvalue weighted by molar-refractivity contribution is 6.03. The summed E-state index contributed by atoms with van der Waals surface area (Å²) in [6.45, 7) is 6.86. The summed E-state index contributed by atoms with van der Waals surface area (Å²) in [4.78, 5) is 50.8. The Morgan fingerprint density at radius 3 is 2.50 bits per heavy atom. The molecule has 1 heterocycles. The van der Waals surface area contributed by atoms with Crippen molar-refractivity contribution >= 4 is 17.7 Å². The zero-order chi connectivity index (χ0) is 18.3. The van der Waals surface area contributed by atoms with Crippen molar-refractivity contribution in [2.24, 2.45) is 5.41 Å². The zero-order valence-corrected chi connectivity index (χ0v) is 14.3. The highest BCUT2D eigenvalue weighted by Gasteiger charge is 2.36. The van der Waals surface area contributed by atoms with Crippen LogP contribution < -0.4 is 10.9 Å². The average Bonchev–Trinajstić information content (AvgIpc) is 2.44. The Morgan fingerprint density at radius 1 is 1.33 bits per heavy atom. The van der Waals surface area contributed by atoms with E-state index in [-0.39, 0.29) is 23.2 Å². The number of hydrogen-bond acceptors (Lipinski definition) is 4. The van der Waals surface area contributed by atoms with Crippen LogP contribution in [-0.2, 0) is 11.2 Å². The number of carboxylic acid groups (broad SMARTS) is 1. The predicted octanol–water partition coefficient (Wildman–Crippen LogP) is 1.51. The number of carboxylic acids is 1. The molecule has 2 rings (SSSR count). The molecule has 1 aliphatic carbocycles. The fourth-order valence-electron chi connectivity index (χ4n) is 2.81. The van der Waals surface area contributed by atoms with Gasteiger partial charge in [0.15, 0.2) is 5.78 Å². The maximum absolute atomic E-state index is 12.4. The number of rotatable bonds is 4. The normalized spacial score (nSPS) is 18.4. The van der Waals surface area contributed by atoms with Crippen LogP contribution in [0.1, 0.15) is 66.9 Å². The van der Waals surface area contributed by atoms with Crippen LogP contribution in [0.3, 0.4) is 0 Å². The molecular formula is C17H22N2O5. The van der Waals surface area contributed by atoms with Gasteiger partial charge < -0.3 is 15.4 Å². The number of carbonyl (C=O) groups is 3. The molecule has 0 bridgehead atoms. The van der Waals surface area contributed by atoms with Gasteiger partial charge in [0, 0.05) is 17.7 Å². The van der Waals surface area contributed by atoms with E-state index in [2.05, 4.69) is 10.3 Å². The molecule has 1 aliphatic rings. The van der Waals surface area contributed by atoms with Crippen molar-refractivity contribution in [3.05, 3.63) is 33.2 Å². The fraction of sp³-hybridized carbons (Fsp3) is 0.529. The third-order valence-corrected chi connectivity index (χ3v) is 4.53. The molecule has 0 aromatic carbocycles. The summed E-state index contributed by atoms with van der Waals surface area (Å²) < 4.78 is 0. The number of ketones is 1. The van der Waals surface area contributed by atoms with E-state index in [4.69, 9.17) is 0 Å². The standard InChI is InChI=1S/C17H22N2O5/c1-5-17(4,15(23)24)19-14(22)10-6-9-11(18-13(10)21)7-16(2,3)8-12(9)20/h6H,5,7-8H2,1-4H3,(H,18,21)(H,19,22)(H,23,24). The van der Waals surface area contributed by atoms with Crippen LogP contribution in [-0.4, -0.2) is 33.3 Å². The molecule has 3 N–H and O–H groups in total. The Balaban J connectivity index is 2.42. The molecule has 1 aromatic heterocycles. The van der Waals surface area contributed by atoms with E-state index < -0.39 is 23.0 Å². The van der Waals surface area contributed by atoms with Crippen LogP contribution in [0.4, 0.5) is 0 Å². The summed E-state index contributed by atoms with van der Waals surface area (Å²) in [6, 6.07) is 1.28. The predicted molar refractivity (Wildman–Crippen MR) is 87.3 cm³/mol. The molecule has 0 aliphatic heterocycles. The van der Waals surface area contributed by atoms with Crippen LogP contribution >= 0.6 is 0 Å². The lowest BCUT2D eigenvalue weighted by Crippen LogP contribution is -2.52. The summed E-state index contributed by atoms with van der Waals surface area (Å²) in [6.07, 6.45) is 1.02. The molecule has 0 saturated heterocycles. The van der Waals surface area contributed by atoms with Gasteiger partial charge in [-0.05, 0) is 31.2 Å². The summed E-state index contributed by atoms with van der Waals surface area (Å²) >= 11 is 0. The first-order valence-electron chi connectivity index (χ1n) is 7.84. The summed E-state index contributed by atoms with van der Waals surface area (Å²) in [5.74, 6) is -2.13. The first kappa shape index (κ1) is 17.9. The second-order valence-electron chi connectivity index (χ2n) is 7.29. The van der Waals surface area contributed by atoms with E-state index in [1.807, 2.05) is 13.8 Å². The maximum atomic E-state index is 12.4. The van der Waals surface area contributed by atoms with Gasteiger partial charge in [-0.15, -0.1) is 0 Å². The Morgan fingerprint density at radius 2 is 1.96 bits per heavy atom. The van der Waals surface area contributed by atoms with Crippen molar-refractivity contribution < 1.29 is 19.5 Å². The molecule has 1 amide bonds. The SMILES string of the molecule is CCC(C)(NC(=O)c1cc2c([nH]c1=O)CC(C)(C)CC2=O)C(=O)O. The van der Waals surface area contributed by atoms with Crippen LogP contribution in [0.25, 0.3) is 0 Å². The third-order valence-electron chi connectivity index (χ3n) is 4.53. The molecule has 1 unspecified atom stereocenters. The Labute approximate surface area is 139 Å². The Hall–Kier alpha value is -2.44. The van der Waals surface area contributed by atoms with Gasteiger partial charge in [-0.2, -0.15) is 0 Å². The number of fused-ring (bicyclic) bond motifs is 1. The molecule has 24 heavy (non-hydrogen) atoms. The van der Waals surface area contributed by atoms with Crippen molar-refractivity contribution in [3.63, 3.8) is 0 Å². The molecule has 0 saturated carbocycles. The summed E-state index contributed by atoms with van der Waals surface area (Å²) in [5, 5.41) is 11.6. The molecule has 1 atom stereocenters. The quantitative estimate of drug-likeness (QED) is 0.772. The minimum Gasteiger partial charge on any atom is -0.480 e. The minimum absolute atomic E-state index is 0.136. The van der Waals surface area contributed by atoms with E-state index in [1.54, 1.807) is 6.92 Å². The Kier molecular flexibility index (Phi) is 4.39. The van der Waals surface area contributed by atoms with Gasteiger partial charge in [0.1, 0.15) is 11.1 Å². The van der Waals surface area contributed by atoms with Gasteiger partial charge in [0.25, 0.3) is 11.5 Å². The number of Topliss-reactive ketones (excluding diaryl/α,β-unsaturated/α-hetero) is 1. The number of amides is 1. The number of carbonyl (C=O) groups excluding carboxylic acids is 2. The number of pyridine rings is 1. The van der Waals surface area contributed by atoms with Crippen molar-refractivity contribution in [2.75, 3.05) is 0 Å². The van der Waals surface area contributed by atoms with Gasteiger partial charge in [-0.1, -0.05) is 20.8 Å². The molecule has 7 nitrogen and oxygen atoms in total. The van der Waals surface area contributed by atoms with Gasteiger partial charge in [-0.25, -0.2) is 4.79 Å². The van der Waals surface area contributed by atoms with Gasteiger partial charge >= 0.3 is 5.97 Å². The number of aliphatic carboxylic acids is 1. The molecule has 0 fully saturated rings. The number of aromatic amines is 1. The number of aromatic nitrogens is 1. The maximum Gasteiger partial charge on any atom is 0.329 e. The molecule has 0 radical (unpaired) electrons. The van der Waals surface area contributed by atoms with Crippen molar-refractivity contribution in [1.82, 2.24) is 10.3 Å². The lowest BCUT2D eigenvalue weighted by atomic mass is 9.75. The topological polar surface area (TPSA) is 116 Å². The van der Waals surface area contributed by atoms with Crippen molar-refractivity contribution in [3.8, 4) is 0 Å². The second-order valence-corrected chi connectivity index (χ2v) is 7.29. The molecule has 7 heteroatoms. The van der Waals surface area contributed by atoms with E-state index in [0.29, 0.717) is 24.1 Å². The summed E-state index contributed by atoms with van der Waals surface area (Å²) in [7, 11) is 0. The zero-order valence-electron chi connectivity index (χ0n) is 14.3. The number of nitrogens with one attached hydrogen (secondary N) is 2. The number of H-pyrrole nitrogens is 1. The first-order valence-corrected chi connectivity index (χ1v) is 7.84. The highest BCUT2D eigenvalue weighted by atomic mass is 16.4. The number of hydrogen-bond donors (Lipinski definition) is 3. The Bertz CT molecular complexity index is 778. The molecule has 130 valence electrons. The van der Waals surface area contributed by atoms with E-state index in [9.17, 15) is 24.3 Å². The van der Waals surface area contributed by atoms with Crippen LogP contribution in [0.15, 0.2) is 10.9 Å². The van der Waals surface area contributed by atoms with Gasteiger partial charge in [0.2, 0.25) is 0 Å². The lowest BCUT2D eigenvalue weighted by Gasteiger charge is -2.30. The first-order chi connectivity index (χ1) is 11.0. The fourth-order valence-corrected chi connectivity index (χ4v) is 2.81. The van der Waals surface area contributed by atoms with Crippen LogP contribution in [0, 0.1) is 5.41 Å². The van der Waals surface area contributed by atoms with E-state index >= 15 is 0 Å². The molecular weight excluding hydrogens is 312 g/mol. The summed E-state index contributed by atoms with van der Waals surface area (Å²) in [5.41, 5.74) is -1.75. The smallest absolute Gasteiger partial charge is 0.329 e. The van der Waals surface area contributed by atoms with E-state index in [0.717, 1.165) is 0 Å². The van der Waals surface area contributed by atoms with Crippen molar-refractivity contribution in [2.45, 2.75) is 52.5 Å². The molecule has 0 spiro atoms. The second kappa shape index (κ2) is 5.89. The average molecular weight is 334 g/mol. The molecule has 1 aromatic rings. The third kappa shape index (κ3) is 3.25. The van der Waals surface area contributed by atoms with Crippen LogP contribution in [0.5, 0.6) is 0 Å². The lowest BCUT2D eigenvalue weighted by molar-refractivity contribution is -0.143. The van der Waals surface area contributed by atoms with Gasteiger partial charge in [0.05, 0.1) is 0 Å².